The highest BCUT2D eigenvalue weighted by Crippen LogP contribution is 2.38. The van der Waals surface area contributed by atoms with Gasteiger partial charge >= 0.3 is 0 Å². The van der Waals surface area contributed by atoms with E-state index >= 15 is 0 Å². The predicted octanol–water partition coefficient (Wildman–Crippen LogP) is 0.149. The summed E-state index contributed by atoms with van der Waals surface area (Å²) in [5, 5.41) is 50.0. The number of aliphatic hydroxyl groups excluding tert-OH is 5. The Bertz CT molecular complexity index is 709. The molecule has 6 N–H and O–H groups in total. The van der Waals surface area contributed by atoms with Crippen molar-refractivity contribution in [3.05, 3.63) is 27.8 Å². The molecule has 1 fully saturated rings. The van der Waals surface area contributed by atoms with Gasteiger partial charge in [0.1, 0.15) is 36.3 Å². The number of halogens is 2. The number of aromatic amines is 1. The van der Waals surface area contributed by atoms with E-state index in [1.165, 1.54) is 6.20 Å². The lowest BCUT2D eigenvalue weighted by Crippen LogP contribution is -2.65. The van der Waals surface area contributed by atoms with Crippen LogP contribution in [0.4, 0.5) is 0 Å². The quantitative estimate of drug-likeness (QED) is 0.420. The Morgan fingerprint density at radius 2 is 1.52 bits per heavy atom. The number of hydrogen-bond acceptors (Lipinski definition) is 6. The number of rotatable bonds is 2. The van der Waals surface area contributed by atoms with Gasteiger partial charge in [0, 0.05) is 10.7 Å². The topological polar surface area (TPSA) is 126 Å². The molecule has 2 aromatic rings. The van der Waals surface area contributed by atoms with Crippen LogP contribution in [0, 0.1) is 0 Å². The molecule has 2 unspecified atom stereocenters. The van der Waals surface area contributed by atoms with Crippen LogP contribution in [0.15, 0.2) is 22.8 Å². The molecular weight excluding hydrogens is 394 g/mol. The summed E-state index contributed by atoms with van der Waals surface area (Å²) in [6.07, 6.45) is -7.97. The van der Waals surface area contributed by atoms with Gasteiger partial charge in [-0.1, -0.05) is 11.6 Å². The molecule has 6 atom stereocenters. The van der Waals surface area contributed by atoms with Gasteiger partial charge in [-0.2, -0.15) is 0 Å². The number of aromatic nitrogens is 1. The Hall–Kier alpha value is -0.870. The maximum Gasteiger partial charge on any atom is 0.156 e. The van der Waals surface area contributed by atoms with Gasteiger partial charge in [0.05, 0.1) is 15.9 Å². The fourth-order valence-electron chi connectivity index (χ4n) is 2.70. The zero-order valence-corrected chi connectivity index (χ0v) is 13.9. The van der Waals surface area contributed by atoms with Gasteiger partial charge < -0.3 is 35.3 Å². The second-order valence-corrected chi connectivity index (χ2v) is 6.70. The molecule has 3 rings (SSSR count). The molecule has 0 aliphatic heterocycles. The minimum absolute atomic E-state index is 0.241. The lowest BCUT2D eigenvalue weighted by Gasteiger charge is -2.41. The maximum absolute atomic E-state index is 10.0. The van der Waals surface area contributed by atoms with Crippen LogP contribution in [0.2, 0.25) is 5.02 Å². The second-order valence-electron chi connectivity index (χ2n) is 5.47. The van der Waals surface area contributed by atoms with Crippen molar-refractivity contribution in [2.45, 2.75) is 36.6 Å². The van der Waals surface area contributed by atoms with Crippen molar-refractivity contribution in [3.8, 4) is 5.75 Å². The fraction of sp³-hybridized carbons (Fsp3) is 0.429. The van der Waals surface area contributed by atoms with Crippen molar-refractivity contribution in [1.29, 1.82) is 0 Å². The Kier molecular flexibility index (Phi) is 4.58. The summed E-state index contributed by atoms with van der Waals surface area (Å²) in [7, 11) is 0. The van der Waals surface area contributed by atoms with Gasteiger partial charge in [-0.25, -0.2) is 0 Å². The molecule has 0 radical (unpaired) electrons. The lowest BCUT2D eigenvalue weighted by molar-refractivity contribution is -0.216. The van der Waals surface area contributed by atoms with Crippen LogP contribution in [-0.2, 0) is 0 Å². The van der Waals surface area contributed by atoms with E-state index in [1.807, 2.05) is 0 Å². The minimum atomic E-state index is -1.67. The third-order valence-corrected chi connectivity index (χ3v) is 5.32. The normalized spacial score (nSPS) is 34.7. The van der Waals surface area contributed by atoms with Crippen LogP contribution in [0.1, 0.15) is 0 Å². The van der Waals surface area contributed by atoms with Crippen LogP contribution >= 0.6 is 27.5 Å². The van der Waals surface area contributed by atoms with E-state index in [-0.39, 0.29) is 5.75 Å². The summed E-state index contributed by atoms with van der Waals surface area (Å²) in [6, 6.07) is 3.51. The molecule has 1 aliphatic rings. The SMILES string of the molecule is OC1[C@@H](O)[C@H](O)C(Oc2c[nH]c3ccc(Br)c(Cl)c23)[C@@H](O)[C@H]1O. The number of H-pyrrole nitrogens is 1. The third kappa shape index (κ3) is 2.74. The fourth-order valence-corrected chi connectivity index (χ4v) is 3.29. The monoisotopic (exact) mass is 407 g/mol. The van der Waals surface area contributed by atoms with Crippen molar-refractivity contribution in [2.75, 3.05) is 0 Å². The number of ether oxygens (including phenoxy) is 1. The van der Waals surface area contributed by atoms with E-state index in [2.05, 4.69) is 20.9 Å². The number of nitrogens with one attached hydrogen (secondary N) is 1. The first-order valence-electron chi connectivity index (χ1n) is 6.85. The van der Waals surface area contributed by atoms with E-state index in [0.717, 1.165) is 0 Å². The largest absolute Gasteiger partial charge is 0.482 e. The Labute approximate surface area is 144 Å². The Morgan fingerprint density at radius 3 is 2.13 bits per heavy atom. The highest BCUT2D eigenvalue weighted by Gasteiger charge is 2.49. The average molecular weight is 409 g/mol. The molecule has 0 bridgehead atoms. The Morgan fingerprint density at radius 1 is 0.957 bits per heavy atom. The molecule has 23 heavy (non-hydrogen) atoms. The summed E-state index contributed by atoms with van der Waals surface area (Å²) in [5.74, 6) is 0.241. The van der Waals surface area contributed by atoms with Gasteiger partial charge in [0.15, 0.2) is 6.10 Å². The number of aliphatic hydroxyl groups is 5. The summed E-state index contributed by atoms with van der Waals surface area (Å²) in [4.78, 5) is 2.94. The standard InChI is InChI=1S/C14H15BrClNO6/c15-4-1-2-5-7(8(4)16)6(3-17-5)23-14-12(21)10(19)9(18)11(20)13(14)22/h1-3,9-14,17-22H/t9?,10-,11+,12-,13-,14?/m0/s1. The summed E-state index contributed by atoms with van der Waals surface area (Å²) in [5.41, 5.74) is 0.675. The molecule has 1 aromatic carbocycles. The molecule has 1 aliphatic carbocycles. The van der Waals surface area contributed by atoms with Crippen molar-refractivity contribution < 1.29 is 30.3 Å². The molecule has 7 nitrogen and oxygen atoms in total. The maximum atomic E-state index is 10.0. The van der Waals surface area contributed by atoms with Crippen LogP contribution < -0.4 is 4.74 Å². The Balaban J connectivity index is 1.97. The van der Waals surface area contributed by atoms with E-state index in [1.54, 1.807) is 12.1 Å². The average Bonchev–Trinajstić information content (AvgIpc) is 2.95. The van der Waals surface area contributed by atoms with Crippen LogP contribution in [0.25, 0.3) is 10.9 Å². The molecule has 9 heteroatoms. The smallest absolute Gasteiger partial charge is 0.156 e. The molecule has 126 valence electrons. The molecule has 0 spiro atoms. The highest BCUT2D eigenvalue weighted by molar-refractivity contribution is 9.10. The number of hydrogen-bond donors (Lipinski definition) is 6. The van der Waals surface area contributed by atoms with Crippen molar-refractivity contribution in [3.63, 3.8) is 0 Å². The first-order valence-corrected chi connectivity index (χ1v) is 8.02. The molecular formula is C14H15BrClNO6. The lowest BCUT2D eigenvalue weighted by atomic mass is 9.85. The molecule has 0 amide bonds. The van der Waals surface area contributed by atoms with E-state index in [4.69, 9.17) is 16.3 Å². The highest BCUT2D eigenvalue weighted by atomic mass is 79.9. The predicted molar refractivity (Wildman–Crippen MR) is 85.5 cm³/mol. The first kappa shape index (κ1) is 17.0. The van der Waals surface area contributed by atoms with Crippen LogP contribution in [-0.4, -0.2) is 67.1 Å². The van der Waals surface area contributed by atoms with Crippen LogP contribution in [0.5, 0.6) is 5.75 Å². The first-order chi connectivity index (χ1) is 10.8. The summed E-state index contributed by atoms with van der Waals surface area (Å²) >= 11 is 9.53. The molecule has 0 saturated heterocycles. The molecule has 1 aromatic heterocycles. The number of fused-ring (bicyclic) bond motifs is 1. The summed E-state index contributed by atoms with van der Waals surface area (Å²) in [6.45, 7) is 0. The number of benzene rings is 1. The van der Waals surface area contributed by atoms with Crippen molar-refractivity contribution in [1.82, 2.24) is 4.98 Å². The summed E-state index contributed by atoms with van der Waals surface area (Å²) < 4.78 is 6.23. The van der Waals surface area contributed by atoms with Gasteiger partial charge in [-0.15, -0.1) is 0 Å². The second kappa shape index (κ2) is 6.21. The van der Waals surface area contributed by atoms with Gasteiger partial charge in [-0.05, 0) is 28.1 Å². The minimum Gasteiger partial charge on any atom is -0.482 e. The van der Waals surface area contributed by atoms with Crippen LogP contribution in [0.3, 0.4) is 0 Å². The zero-order chi connectivity index (χ0) is 16.9. The van der Waals surface area contributed by atoms with E-state index in [9.17, 15) is 25.5 Å². The molecule has 1 saturated carbocycles. The van der Waals surface area contributed by atoms with E-state index < -0.39 is 36.6 Å². The van der Waals surface area contributed by atoms with Gasteiger partial charge in [0.25, 0.3) is 0 Å². The zero-order valence-electron chi connectivity index (χ0n) is 11.6. The van der Waals surface area contributed by atoms with Gasteiger partial charge in [0.2, 0.25) is 0 Å². The van der Waals surface area contributed by atoms with Crippen molar-refractivity contribution >= 4 is 38.4 Å². The molecule has 1 heterocycles. The third-order valence-electron chi connectivity index (χ3n) is 4.04. The van der Waals surface area contributed by atoms with Crippen molar-refractivity contribution in [2.24, 2.45) is 0 Å². The van der Waals surface area contributed by atoms with E-state index in [0.29, 0.717) is 20.4 Å². The van der Waals surface area contributed by atoms with Gasteiger partial charge in [-0.3, -0.25) is 0 Å².